The second kappa shape index (κ2) is 5.48. The van der Waals surface area contributed by atoms with Crippen molar-refractivity contribution in [1.82, 2.24) is 0 Å². The molecule has 1 aromatic carbocycles. The number of hydrogen-bond donors (Lipinski definition) is 1. The van der Waals surface area contributed by atoms with Gasteiger partial charge in [-0.25, -0.2) is 4.79 Å². The topological polar surface area (TPSA) is 55.8 Å². The van der Waals surface area contributed by atoms with Crippen molar-refractivity contribution in [3.8, 4) is 0 Å². The van der Waals surface area contributed by atoms with Gasteiger partial charge in [0.15, 0.2) is 13.1 Å². The molecule has 0 heterocycles. The number of esters is 1. The Morgan fingerprint density at radius 2 is 2.00 bits per heavy atom. The summed E-state index contributed by atoms with van der Waals surface area (Å²) in [6.07, 6.45) is -0.934. The molecule has 0 fully saturated rings. The average molecular weight is 210 g/mol. The number of ether oxygens (including phenoxy) is 2. The third kappa shape index (κ3) is 4.10. The molecule has 0 radical (unpaired) electrons. The zero-order valence-electron chi connectivity index (χ0n) is 8.77. The van der Waals surface area contributed by atoms with Gasteiger partial charge in [0.05, 0.1) is 5.56 Å². The van der Waals surface area contributed by atoms with Crippen molar-refractivity contribution < 1.29 is 19.4 Å². The summed E-state index contributed by atoms with van der Waals surface area (Å²) in [5.74, 6) is -0.462. The molecule has 1 unspecified atom stereocenters. The highest BCUT2D eigenvalue weighted by Gasteiger charge is 2.06. The van der Waals surface area contributed by atoms with Gasteiger partial charge in [-0.3, -0.25) is 0 Å². The molecule has 1 atom stereocenters. The SMILES string of the molecule is Cc1ccc(C(=O)OCOC(C)O)cc1. The Hall–Kier alpha value is -1.39. The van der Waals surface area contributed by atoms with Crippen molar-refractivity contribution in [1.29, 1.82) is 0 Å². The molecule has 4 nitrogen and oxygen atoms in total. The van der Waals surface area contributed by atoms with Crippen molar-refractivity contribution in [2.75, 3.05) is 6.79 Å². The minimum Gasteiger partial charge on any atom is -0.435 e. The standard InChI is InChI=1S/C11H14O4/c1-8-3-5-10(6-4-8)11(13)15-7-14-9(2)12/h3-6,9,12H,7H2,1-2H3. The Morgan fingerprint density at radius 1 is 1.40 bits per heavy atom. The van der Waals surface area contributed by atoms with E-state index in [9.17, 15) is 4.79 Å². The number of rotatable bonds is 4. The molecular formula is C11H14O4. The number of carbonyl (C=O) groups excluding carboxylic acids is 1. The van der Waals surface area contributed by atoms with Crippen molar-refractivity contribution in [3.05, 3.63) is 35.4 Å². The van der Waals surface area contributed by atoms with Crippen LogP contribution in [-0.4, -0.2) is 24.2 Å². The van der Waals surface area contributed by atoms with E-state index in [0.29, 0.717) is 5.56 Å². The fraction of sp³-hybridized carbons (Fsp3) is 0.364. The number of hydrogen-bond acceptors (Lipinski definition) is 4. The van der Waals surface area contributed by atoms with E-state index in [1.54, 1.807) is 12.1 Å². The second-order valence-corrected chi connectivity index (χ2v) is 3.18. The first kappa shape index (κ1) is 11.7. The van der Waals surface area contributed by atoms with Crippen molar-refractivity contribution in [3.63, 3.8) is 0 Å². The van der Waals surface area contributed by atoms with Gasteiger partial charge >= 0.3 is 5.97 Å². The Morgan fingerprint density at radius 3 is 2.53 bits per heavy atom. The first-order chi connectivity index (χ1) is 7.09. The van der Waals surface area contributed by atoms with Gasteiger partial charge in [0.25, 0.3) is 0 Å². The molecule has 0 aliphatic heterocycles. The summed E-state index contributed by atoms with van der Waals surface area (Å²) in [5, 5.41) is 8.76. The van der Waals surface area contributed by atoms with Crippen LogP contribution in [0.3, 0.4) is 0 Å². The lowest BCUT2D eigenvalue weighted by atomic mass is 10.2. The molecule has 0 bridgehead atoms. The monoisotopic (exact) mass is 210 g/mol. The lowest BCUT2D eigenvalue weighted by molar-refractivity contribution is -0.142. The minimum atomic E-state index is -0.934. The van der Waals surface area contributed by atoms with Crippen LogP contribution in [0, 0.1) is 6.92 Å². The van der Waals surface area contributed by atoms with E-state index < -0.39 is 12.3 Å². The predicted octanol–water partition coefficient (Wildman–Crippen LogP) is 1.46. The van der Waals surface area contributed by atoms with Gasteiger partial charge in [0, 0.05) is 0 Å². The molecule has 4 heteroatoms. The highest BCUT2D eigenvalue weighted by molar-refractivity contribution is 5.89. The van der Waals surface area contributed by atoms with Crippen LogP contribution in [0.25, 0.3) is 0 Å². The molecule has 1 aromatic rings. The summed E-state index contributed by atoms with van der Waals surface area (Å²) < 4.78 is 9.43. The molecule has 0 amide bonds. The summed E-state index contributed by atoms with van der Waals surface area (Å²) in [6, 6.07) is 7.01. The molecular weight excluding hydrogens is 196 g/mol. The summed E-state index contributed by atoms with van der Waals surface area (Å²) >= 11 is 0. The third-order valence-electron chi connectivity index (χ3n) is 1.79. The number of aryl methyl sites for hydroxylation is 1. The van der Waals surface area contributed by atoms with Crippen LogP contribution in [0.5, 0.6) is 0 Å². The van der Waals surface area contributed by atoms with E-state index in [1.165, 1.54) is 6.92 Å². The summed E-state index contributed by atoms with van der Waals surface area (Å²) in [5.41, 5.74) is 1.54. The first-order valence-electron chi connectivity index (χ1n) is 4.63. The maximum absolute atomic E-state index is 11.4. The van der Waals surface area contributed by atoms with Crippen molar-refractivity contribution in [2.24, 2.45) is 0 Å². The van der Waals surface area contributed by atoms with Crippen LogP contribution in [0.15, 0.2) is 24.3 Å². The maximum atomic E-state index is 11.4. The van der Waals surface area contributed by atoms with Crippen LogP contribution in [0.4, 0.5) is 0 Å². The molecule has 0 saturated carbocycles. The Labute approximate surface area is 88.4 Å². The average Bonchev–Trinajstić information content (AvgIpc) is 2.18. The highest BCUT2D eigenvalue weighted by atomic mass is 16.7. The van der Waals surface area contributed by atoms with E-state index in [-0.39, 0.29) is 6.79 Å². The number of carbonyl (C=O) groups is 1. The summed E-state index contributed by atoms with van der Waals surface area (Å²) in [4.78, 5) is 11.4. The van der Waals surface area contributed by atoms with Gasteiger partial charge in [-0.2, -0.15) is 0 Å². The van der Waals surface area contributed by atoms with Gasteiger partial charge in [0.2, 0.25) is 0 Å². The highest BCUT2D eigenvalue weighted by Crippen LogP contribution is 2.04. The zero-order valence-corrected chi connectivity index (χ0v) is 8.77. The van der Waals surface area contributed by atoms with Crippen LogP contribution in [-0.2, 0) is 9.47 Å². The lowest BCUT2D eigenvalue weighted by Gasteiger charge is -2.07. The fourth-order valence-electron chi connectivity index (χ4n) is 0.959. The fourth-order valence-corrected chi connectivity index (χ4v) is 0.959. The molecule has 1 rings (SSSR count). The lowest BCUT2D eigenvalue weighted by Crippen LogP contribution is -2.13. The Bertz CT molecular complexity index is 316. The summed E-state index contributed by atoms with van der Waals surface area (Å²) in [7, 11) is 0. The maximum Gasteiger partial charge on any atom is 0.340 e. The Balaban J connectivity index is 2.43. The molecule has 0 spiro atoms. The predicted molar refractivity (Wildman–Crippen MR) is 54.2 cm³/mol. The Kier molecular flexibility index (Phi) is 4.27. The van der Waals surface area contributed by atoms with E-state index in [4.69, 9.17) is 9.84 Å². The molecule has 82 valence electrons. The molecule has 0 aliphatic rings. The van der Waals surface area contributed by atoms with Crippen molar-refractivity contribution in [2.45, 2.75) is 20.1 Å². The second-order valence-electron chi connectivity index (χ2n) is 3.18. The van der Waals surface area contributed by atoms with E-state index in [0.717, 1.165) is 5.56 Å². The largest absolute Gasteiger partial charge is 0.435 e. The summed E-state index contributed by atoms with van der Waals surface area (Å²) in [6.45, 7) is 3.13. The number of benzene rings is 1. The normalized spacial score (nSPS) is 12.2. The van der Waals surface area contributed by atoms with Crippen LogP contribution >= 0.6 is 0 Å². The molecule has 0 saturated heterocycles. The van der Waals surface area contributed by atoms with Gasteiger partial charge in [-0.1, -0.05) is 17.7 Å². The quantitative estimate of drug-likeness (QED) is 0.604. The van der Waals surface area contributed by atoms with Crippen LogP contribution in [0.2, 0.25) is 0 Å². The molecule has 0 aliphatic carbocycles. The van der Waals surface area contributed by atoms with Gasteiger partial charge in [0.1, 0.15) is 0 Å². The van der Waals surface area contributed by atoms with Crippen LogP contribution < -0.4 is 0 Å². The van der Waals surface area contributed by atoms with Gasteiger partial charge in [-0.15, -0.1) is 0 Å². The molecule has 0 aromatic heterocycles. The number of aliphatic hydroxyl groups is 1. The zero-order chi connectivity index (χ0) is 11.3. The minimum absolute atomic E-state index is 0.246. The van der Waals surface area contributed by atoms with Crippen LogP contribution in [0.1, 0.15) is 22.8 Å². The van der Waals surface area contributed by atoms with Crippen molar-refractivity contribution >= 4 is 5.97 Å². The van der Waals surface area contributed by atoms with E-state index >= 15 is 0 Å². The third-order valence-corrected chi connectivity index (χ3v) is 1.79. The van der Waals surface area contributed by atoms with E-state index in [2.05, 4.69) is 4.74 Å². The first-order valence-corrected chi connectivity index (χ1v) is 4.63. The molecule has 1 N–H and O–H groups in total. The van der Waals surface area contributed by atoms with Gasteiger partial charge < -0.3 is 14.6 Å². The van der Waals surface area contributed by atoms with Gasteiger partial charge in [-0.05, 0) is 26.0 Å². The number of aliphatic hydroxyl groups excluding tert-OH is 1. The van der Waals surface area contributed by atoms with E-state index in [1.807, 2.05) is 19.1 Å². The molecule has 15 heavy (non-hydrogen) atoms. The smallest absolute Gasteiger partial charge is 0.340 e.